The Balaban J connectivity index is 2.94. The lowest BCUT2D eigenvalue weighted by Crippen LogP contribution is -2.30. The maximum absolute atomic E-state index is 13.6. The average Bonchev–Trinajstić information content (AvgIpc) is 2.21. The third-order valence-electron chi connectivity index (χ3n) is 2.33. The third-order valence-corrected chi connectivity index (χ3v) is 4.00. The van der Waals surface area contributed by atoms with Crippen LogP contribution >= 0.6 is 15.9 Å². The van der Waals surface area contributed by atoms with Gasteiger partial charge in [-0.2, -0.15) is 0 Å². The van der Waals surface area contributed by atoms with Gasteiger partial charge in [0.25, 0.3) is 0 Å². The summed E-state index contributed by atoms with van der Waals surface area (Å²) in [5.41, 5.74) is 2.78. The summed E-state index contributed by atoms with van der Waals surface area (Å²) in [6.07, 6.45) is 1.35. The highest BCUT2D eigenvalue weighted by atomic mass is 79.9. The maximum Gasteiger partial charge on any atom is 0.147 e. The van der Waals surface area contributed by atoms with Gasteiger partial charge < -0.3 is 0 Å². The predicted molar refractivity (Wildman–Crippen MR) is 68.5 cm³/mol. The molecule has 0 radical (unpaired) electrons. The molecule has 1 rings (SSSR count). The van der Waals surface area contributed by atoms with E-state index in [1.54, 1.807) is 12.1 Å². The molecule has 1 aromatic rings. The summed E-state index contributed by atoms with van der Waals surface area (Å²) < 4.78 is 36.4. The molecule has 0 spiro atoms. The molecule has 0 saturated heterocycles. The van der Waals surface area contributed by atoms with E-state index in [4.69, 9.17) is 5.84 Å². The van der Waals surface area contributed by atoms with Crippen LogP contribution in [0.5, 0.6) is 0 Å². The maximum atomic E-state index is 13.6. The lowest BCUT2D eigenvalue weighted by atomic mass is 10.0. The van der Waals surface area contributed by atoms with E-state index < -0.39 is 21.7 Å². The Morgan fingerprint density at radius 3 is 2.65 bits per heavy atom. The van der Waals surface area contributed by atoms with Gasteiger partial charge in [0.2, 0.25) is 0 Å². The molecular formula is C10H14BrFN2O2S. The van der Waals surface area contributed by atoms with Crippen molar-refractivity contribution in [2.75, 3.05) is 12.0 Å². The van der Waals surface area contributed by atoms with Crippen LogP contribution in [0.3, 0.4) is 0 Å². The van der Waals surface area contributed by atoms with E-state index in [0.29, 0.717) is 10.0 Å². The molecule has 7 heteroatoms. The van der Waals surface area contributed by atoms with E-state index in [9.17, 15) is 12.8 Å². The molecular weight excluding hydrogens is 311 g/mol. The van der Waals surface area contributed by atoms with Gasteiger partial charge in [0.05, 0.1) is 11.8 Å². The van der Waals surface area contributed by atoms with Crippen molar-refractivity contribution >= 4 is 25.8 Å². The Labute approximate surface area is 108 Å². The van der Waals surface area contributed by atoms with Crippen molar-refractivity contribution in [2.24, 2.45) is 5.84 Å². The molecule has 0 aromatic heterocycles. The number of hydrogen-bond acceptors (Lipinski definition) is 4. The van der Waals surface area contributed by atoms with E-state index in [1.165, 1.54) is 6.07 Å². The van der Waals surface area contributed by atoms with Gasteiger partial charge >= 0.3 is 0 Å². The van der Waals surface area contributed by atoms with Gasteiger partial charge in [-0.1, -0.05) is 22.0 Å². The van der Waals surface area contributed by atoms with Gasteiger partial charge in [0, 0.05) is 16.3 Å². The molecule has 0 fully saturated rings. The van der Waals surface area contributed by atoms with Gasteiger partial charge in [0.15, 0.2) is 0 Å². The first kappa shape index (κ1) is 14.6. The van der Waals surface area contributed by atoms with E-state index in [1.807, 2.05) is 0 Å². The molecule has 1 aromatic carbocycles. The van der Waals surface area contributed by atoms with Crippen LogP contribution in [-0.4, -0.2) is 20.4 Å². The van der Waals surface area contributed by atoms with Crippen molar-refractivity contribution in [1.82, 2.24) is 5.43 Å². The average molecular weight is 325 g/mol. The second-order valence-electron chi connectivity index (χ2n) is 3.77. The van der Waals surface area contributed by atoms with Crippen LogP contribution in [0.1, 0.15) is 18.0 Å². The van der Waals surface area contributed by atoms with Crippen LogP contribution in [-0.2, 0) is 9.84 Å². The number of hydrazine groups is 1. The largest absolute Gasteiger partial charge is 0.271 e. The summed E-state index contributed by atoms with van der Waals surface area (Å²) >= 11 is 3.22. The molecule has 0 saturated carbocycles. The Morgan fingerprint density at radius 2 is 2.18 bits per heavy atom. The third kappa shape index (κ3) is 4.34. The van der Waals surface area contributed by atoms with Crippen molar-refractivity contribution in [3.63, 3.8) is 0 Å². The van der Waals surface area contributed by atoms with Crippen LogP contribution in [0.2, 0.25) is 0 Å². The molecule has 0 aliphatic heterocycles. The fourth-order valence-electron chi connectivity index (χ4n) is 1.49. The zero-order valence-electron chi connectivity index (χ0n) is 9.28. The Morgan fingerprint density at radius 1 is 1.53 bits per heavy atom. The lowest BCUT2D eigenvalue weighted by Gasteiger charge is -2.18. The van der Waals surface area contributed by atoms with Gasteiger partial charge in [0.1, 0.15) is 15.7 Å². The number of nitrogens with one attached hydrogen (secondary N) is 1. The van der Waals surface area contributed by atoms with Crippen molar-refractivity contribution in [3.8, 4) is 0 Å². The summed E-state index contributed by atoms with van der Waals surface area (Å²) in [6, 6.07) is 4.02. The number of hydrogen-bond donors (Lipinski definition) is 2. The van der Waals surface area contributed by atoms with Gasteiger partial charge in [-0.3, -0.25) is 11.3 Å². The predicted octanol–water partition coefficient (Wildman–Crippen LogP) is 1.53. The highest BCUT2D eigenvalue weighted by Gasteiger charge is 2.19. The smallest absolute Gasteiger partial charge is 0.147 e. The molecule has 0 aliphatic rings. The molecule has 17 heavy (non-hydrogen) atoms. The van der Waals surface area contributed by atoms with Crippen molar-refractivity contribution < 1.29 is 12.8 Å². The normalized spacial score (nSPS) is 13.6. The van der Waals surface area contributed by atoms with Gasteiger partial charge in [-0.05, 0) is 18.6 Å². The molecule has 0 aliphatic carbocycles. The summed E-state index contributed by atoms with van der Waals surface area (Å²) in [6.45, 7) is 0. The van der Waals surface area contributed by atoms with Crippen molar-refractivity contribution in [2.45, 2.75) is 12.5 Å². The van der Waals surface area contributed by atoms with E-state index in [0.717, 1.165) is 6.26 Å². The van der Waals surface area contributed by atoms with Crippen molar-refractivity contribution in [3.05, 3.63) is 34.1 Å². The number of rotatable bonds is 5. The number of sulfone groups is 1. The molecule has 4 nitrogen and oxygen atoms in total. The first-order valence-corrected chi connectivity index (χ1v) is 7.78. The minimum Gasteiger partial charge on any atom is -0.271 e. The number of nitrogens with two attached hydrogens (primary N) is 1. The van der Waals surface area contributed by atoms with Crippen molar-refractivity contribution in [1.29, 1.82) is 0 Å². The molecule has 1 unspecified atom stereocenters. The Hall–Kier alpha value is -0.500. The van der Waals surface area contributed by atoms with E-state index in [-0.39, 0.29) is 12.2 Å². The molecule has 0 bridgehead atoms. The first-order valence-electron chi connectivity index (χ1n) is 4.93. The van der Waals surface area contributed by atoms with Crippen LogP contribution in [0.25, 0.3) is 0 Å². The minimum absolute atomic E-state index is 0.0529. The van der Waals surface area contributed by atoms with Crippen LogP contribution in [0.15, 0.2) is 22.7 Å². The standard InChI is InChI=1S/C10H14BrFN2O2S/c1-17(15,16)6-5-9(14-13)10-7(11)3-2-4-8(10)12/h2-4,9,14H,5-6,13H2,1H3. The van der Waals surface area contributed by atoms with Gasteiger partial charge in [-0.25, -0.2) is 12.8 Å². The van der Waals surface area contributed by atoms with Crippen LogP contribution < -0.4 is 11.3 Å². The van der Waals surface area contributed by atoms with E-state index in [2.05, 4.69) is 21.4 Å². The first-order chi connectivity index (χ1) is 7.85. The summed E-state index contributed by atoms with van der Waals surface area (Å²) in [4.78, 5) is 0. The topological polar surface area (TPSA) is 72.2 Å². The highest BCUT2D eigenvalue weighted by molar-refractivity contribution is 9.10. The minimum atomic E-state index is -3.10. The second kappa shape index (κ2) is 5.90. The summed E-state index contributed by atoms with van der Waals surface area (Å²) in [7, 11) is -3.10. The quantitative estimate of drug-likeness (QED) is 0.636. The number of benzene rings is 1. The van der Waals surface area contributed by atoms with Crippen LogP contribution in [0.4, 0.5) is 4.39 Å². The second-order valence-corrected chi connectivity index (χ2v) is 6.89. The Kier molecular flexibility index (Phi) is 5.05. The summed E-state index contributed by atoms with van der Waals surface area (Å²) in [5.74, 6) is 4.87. The fraction of sp³-hybridized carbons (Fsp3) is 0.400. The van der Waals surface area contributed by atoms with Gasteiger partial charge in [-0.15, -0.1) is 0 Å². The summed E-state index contributed by atoms with van der Waals surface area (Å²) in [5, 5.41) is 0. The molecule has 96 valence electrons. The number of halogens is 2. The molecule has 0 amide bonds. The zero-order valence-corrected chi connectivity index (χ0v) is 11.7. The zero-order chi connectivity index (χ0) is 13.1. The fourth-order valence-corrected chi connectivity index (χ4v) is 2.77. The van der Waals surface area contributed by atoms with Crippen LogP contribution in [0, 0.1) is 5.82 Å². The lowest BCUT2D eigenvalue weighted by molar-refractivity contribution is 0.496. The monoisotopic (exact) mass is 324 g/mol. The highest BCUT2D eigenvalue weighted by Crippen LogP contribution is 2.28. The van der Waals surface area contributed by atoms with E-state index >= 15 is 0 Å². The SMILES string of the molecule is CS(=O)(=O)CCC(NN)c1c(F)cccc1Br. The molecule has 3 N–H and O–H groups in total. The molecule has 1 atom stereocenters. The Bertz CT molecular complexity index is 473. The molecule has 0 heterocycles.